The predicted molar refractivity (Wildman–Crippen MR) is 153 cm³/mol. The Morgan fingerprint density at radius 2 is 1.79 bits per heavy atom. The van der Waals surface area contributed by atoms with E-state index in [2.05, 4.69) is 10.6 Å². The third-order valence-corrected chi connectivity index (χ3v) is 7.42. The van der Waals surface area contributed by atoms with Crippen molar-refractivity contribution in [2.45, 2.75) is 91.0 Å². The molecule has 0 aliphatic heterocycles. The van der Waals surface area contributed by atoms with Gasteiger partial charge in [-0.25, -0.2) is 4.79 Å². The molecule has 0 spiro atoms. The largest absolute Gasteiger partial charge is 0.508 e. The number of aromatic hydroxyl groups is 1. The van der Waals surface area contributed by atoms with Crippen LogP contribution in [0.15, 0.2) is 42.5 Å². The highest BCUT2D eigenvalue weighted by molar-refractivity contribution is 6.34. The topological polar surface area (TPSA) is 108 Å². The van der Waals surface area contributed by atoms with E-state index in [-0.39, 0.29) is 17.7 Å². The smallest absolute Gasteiger partial charge is 0.408 e. The molecule has 3 N–H and O–H groups in total. The number of anilines is 1. The Morgan fingerprint density at radius 1 is 1.13 bits per heavy atom. The zero-order valence-corrected chi connectivity index (χ0v) is 24.3. The van der Waals surface area contributed by atoms with Gasteiger partial charge in [0, 0.05) is 11.6 Å². The minimum atomic E-state index is -1.16. The number of amides is 3. The maximum absolute atomic E-state index is 14.4. The number of nitrogens with zero attached hydrogens (tertiary/aromatic N) is 1. The number of hydrogen-bond acceptors (Lipinski definition) is 5. The number of nitrogens with one attached hydrogen (secondary N) is 2. The normalized spacial score (nSPS) is 15.9. The van der Waals surface area contributed by atoms with Crippen molar-refractivity contribution in [3.63, 3.8) is 0 Å². The van der Waals surface area contributed by atoms with Gasteiger partial charge < -0.3 is 25.4 Å². The van der Waals surface area contributed by atoms with Crippen molar-refractivity contribution in [3.8, 4) is 5.75 Å². The molecule has 0 saturated heterocycles. The number of hydrogen-bond donors (Lipinski definition) is 3. The first kappa shape index (κ1) is 30.3. The molecule has 39 heavy (non-hydrogen) atoms. The number of ether oxygens (including phenoxy) is 1. The lowest BCUT2D eigenvalue weighted by molar-refractivity contribution is -0.147. The van der Waals surface area contributed by atoms with Crippen LogP contribution >= 0.6 is 11.6 Å². The van der Waals surface area contributed by atoms with E-state index in [4.69, 9.17) is 16.3 Å². The van der Waals surface area contributed by atoms with Gasteiger partial charge in [0.15, 0.2) is 0 Å². The van der Waals surface area contributed by atoms with E-state index < -0.39 is 35.6 Å². The van der Waals surface area contributed by atoms with Crippen molar-refractivity contribution in [2.24, 2.45) is 5.92 Å². The molecule has 0 radical (unpaired) electrons. The minimum absolute atomic E-state index is 0.106. The van der Waals surface area contributed by atoms with E-state index in [1.807, 2.05) is 26.8 Å². The van der Waals surface area contributed by atoms with Crippen molar-refractivity contribution >= 4 is 35.2 Å². The predicted octanol–water partition coefficient (Wildman–Crippen LogP) is 6.35. The summed E-state index contributed by atoms with van der Waals surface area (Å²) < 4.78 is 5.46. The molecular weight excluding hydrogens is 518 g/mol. The van der Waals surface area contributed by atoms with Crippen LogP contribution in [-0.4, -0.2) is 45.6 Å². The number of aryl methyl sites for hydroxylation is 1. The number of halogens is 1. The molecule has 2 aromatic carbocycles. The summed E-state index contributed by atoms with van der Waals surface area (Å²) in [7, 11) is 0. The summed E-state index contributed by atoms with van der Waals surface area (Å²) in [5.74, 6) is -1.26. The minimum Gasteiger partial charge on any atom is -0.508 e. The van der Waals surface area contributed by atoms with Gasteiger partial charge in [0.05, 0.1) is 10.7 Å². The van der Waals surface area contributed by atoms with Crippen LogP contribution in [0.1, 0.15) is 77.5 Å². The second kappa shape index (κ2) is 12.7. The van der Waals surface area contributed by atoms with Crippen LogP contribution in [0, 0.1) is 12.8 Å². The molecule has 0 heterocycles. The fourth-order valence-electron chi connectivity index (χ4n) is 4.58. The first-order valence-corrected chi connectivity index (χ1v) is 13.9. The van der Waals surface area contributed by atoms with Gasteiger partial charge in [-0.15, -0.1) is 0 Å². The number of phenols is 1. The number of carbonyl (C=O) groups excluding carboxylic acids is 3. The molecule has 9 heteroatoms. The SMILES string of the molecule is CCC(C)C(NC(=O)OC(C)(C)C)C(=O)N(C1CCC1)C(C(=O)Nc1c(C)cccc1Cl)c1ccccc1O. The Balaban J connectivity index is 2.08. The quantitative estimate of drug-likeness (QED) is 0.333. The summed E-state index contributed by atoms with van der Waals surface area (Å²) >= 11 is 6.41. The molecule has 8 nitrogen and oxygen atoms in total. The second-order valence-electron chi connectivity index (χ2n) is 11.2. The molecule has 1 aliphatic carbocycles. The summed E-state index contributed by atoms with van der Waals surface area (Å²) in [5, 5.41) is 16.9. The average molecular weight is 558 g/mol. The maximum Gasteiger partial charge on any atom is 0.408 e. The van der Waals surface area contributed by atoms with Crippen molar-refractivity contribution < 1.29 is 24.2 Å². The summed E-state index contributed by atoms with van der Waals surface area (Å²) in [5.41, 5.74) is 0.750. The fourth-order valence-corrected chi connectivity index (χ4v) is 4.85. The van der Waals surface area contributed by atoms with Gasteiger partial charge in [0.1, 0.15) is 23.4 Å². The van der Waals surface area contributed by atoms with Crippen molar-refractivity contribution in [2.75, 3.05) is 5.32 Å². The molecule has 3 amide bonds. The summed E-state index contributed by atoms with van der Waals surface area (Å²) in [6.45, 7) is 10.9. The third kappa shape index (κ3) is 7.44. The molecule has 3 unspecified atom stereocenters. The van der Waals surface area contributed by atoms with E-state index in [1.54, 1.807) is 51.1 Å². The van der Waals surface area contributed by atoms with E-state index in [9.17, 15) is 19.5 Å². The number of para-hydroxylation sites is 2. The summed E-state index contributed by atoms with van der Waals surface area (Å²) in [6.07, 6.45) is 2.21. The van der Waals surface area contributed by atoms with Crippen molar-refractivity contribution in [1.82, 2.24) is 10.2 Å². The Kier molecular flexibility index (Phi) is 9.88. The van der Waals surface area contributed by atoms with Crippen LogP contribution in [-0.2, 0) is 14.3 Å². The van der Waals surface area contributed by atoms with E-state index >= 15 is 0 Å². The highest BCUT2D eigenvalue weighted by Gasteiger charge is 2.44. The van der Waals surface area contributed by atoms with E-state index in [0.29, 0.717) is 35.5 Å². The van der Waals surface area contributed by atoms with Crippen LogP contribution < -0.4 is 10.6 Å². The van der Waals surface area contributed by atoms with Gasteiger partial charge in [-0.3, -0.25) is 9.59 Å². The van der Waals surface area contributed by atoms with E-state index in [0.717, 1.165) is 12.0 Å². The molecule has 0 bridgehead atoms. The molecule has 1 saturated carbocycles. The summed E-state index contributed by atoms with van der Waals surface area (Å²) in [4.78, 5) is 42.7. The fraction of sp³-hybridized carbons (Fsp3) is 0.500. The zero-order valence-electron chi connectivity index (χ0n) is 23.6. The molecule has 3 atom stereocenters. The third-order valence-electron chi connectivity index (χ3n) is 7.10. The van der Waals surface area contributed by atoms with Crippen molar-refractivity contribution in [1.29, 1.82) is 0 Å². The molecular formula is C30H40ClN3O5. The Morgan fingerprint density at radius 3 is 2.33 bits per heavy atom. The van der Waals surface area contributed by atoms with Crippen LogP contribution in [0.4, 0.5) is 10.5 Å². The second-order valence-corrected chi connectivity index (χ2v) is 11.6. The highest BCUT2D eigenvalue weighted by atomic mass is 35.5. The standard InChI is InChI=1S/C30H40ClN3O5/c1-7-18(2)25(33-29(38)39-30(4,5)6)28(37)34(20-13-11-14-20)26(21-15-8-9-17-23(21)35)27(36)32-24-19(3)12-10-16-22(24)31/h8-10,12,15-18,20,25-26,35H,7,11,13-14H2,1-6H3,(H,32,36)(H,33,38). The number of alkyl carbamates (subject to hydrolysis) is 1. The van der Waals surface area contributed by atoms with Gasteiger partial charge in [-0.05, 0) is 70.6 Å². The van der Waals surface area contributed by atoms with Gasteiger partial charge in [0.25, 0.3) is 5.91 Å². The van der Waals surface area contributed by atoms with Gasteiger partial charge in [-0.1, -0.05) is 62.2 Å². The Bertz CT molecular complexity index is 1170. The number of carbonyl (C=O) groups is 3. The monoisotopic (exact) mass is 557 g/mol. The van der Waals surface area contributed by atoms with Crippen LogP contribution in [0.3, 0.4) is 0 Å². The van der Waals surface area contributed by atoms with Crippen LogP contribution in [0.5, 0.6) is 5.75 Å². The molecule has 3 rings (SSSR count). The lowest BCUT2D eigenvalue weighted by Gasteiger charge is -2.44. The molecule has 1 aliphatic rings. The van der Waals surface area contributed by atoms with Crippen LogP contribution in [0.25, 0.3) is 0 Å². The first-order valence-electron chi connectivity index (χ1n) is 13.5. The Labute approximate surface area is 236 Å². The summed E-state index contributed by atoms with van der Waals surface area (Å²) in [6, 6.07) is 9.46. The average Bonchev–Trinajstić information content (AvgIpc) is 2.82. The van der Waals surface area contributed by atoms with E-state index in [1.165, 1.54) is 11.0 Å². The number of phenolic OH excluding ortho intramolecular Hbond substituents is 1. The molecule has 212 valence electrons. The maximum atomic E-state index is 14.4. The van der Waals surface area contributed by atoms with Gasteiger partial charge in [0.2, 0.25) is 5.91 Å². The highest BCUT2D eigenvalue weighted by Crippen LogP contribution is 2.38. The molecule has 0 aromatic heterocycles. The Hall–Kier alpha value is -3.26. The lowest BCUT2D eigenvalue weighted by atomic mass is 9.86. The number of rotatable bonds is 9. The molecule has 2 aromatic rings. The first-order chi connectivity index (χ1) is 18.3. The van der Waals surface area contributed by atoms with Crippen molar-refractivity contribution in [3.05, 3.63) is 58.6 Å². The van der Waals surface area contributed by atoms with Crippen LogP contribution in [0.2, 0.25) is 5.02 Å². The van der Waals surface area contributed by atoms with Gasteiger partial charge in [-0.2, -0.15) is 0 Å². The van der Waals surface area contributed by atoms with Gasteiger partial charge >= 0.3 is 6.09 Å². The lowest BCUT2D eigenvalue weighted by Crippen LogP contribution is -2.58. The zero-order chi connectivity index (χ0) is 28.9. The molecule has 1 fully saturated rings. The number of benzene rings is 2.